The lowest BCUT2D eigenvalue weighted by molar-refractivity contribution is 0.0341. The van der Waals surface area contributed by atoms with Crippen molar-refractivity contribution in [3.63, 3.8) is 0 Å². The van der Waals surface area contributed by atoms with Gasteiger partial charge in [-0.3, -0.25) is 14.8 Å². The minimum absolute atomic E-state index is 0.135. The van der Waals surface area contributed by atoms with E-state index < -0.39 is 32.1 Å². The van der Waals surface area contributed by atoms with Crippen LogP contribution < -0.4 is 5.32 Å². The van der Waals surface area contributed by atoms with Gasteiger partial charge in [-0.25, -0.2) is 17.2 Å². The fourth-order valence-corrected chi connectivity index (χ4v) is 6.61. The van der Waals surface area contributed by atoms with Crippen molar-refractivity contribution in [1.29, 1.82) is 0 Å². The number of hydrogen-bond acceptors (Lipinski definition) is 6. The summed E-state index contributed by atoms with van der Waals surface area (Å²) in [6, 6.07) is 9.47. The monoisotopic (exact) mass is 531 g/mol. The molecule has 0 saturated carbocycles. The SMILES string of the molecule is CC1(C)c2[nH]nc(NC(=O)c3ccccc3CN3CCOCC3)c2CN1S(=O)(=O)c1cc(F)cc(F)c1. The normalized spacial score (nSPS) is 18.1. The van der Waals surface area contributed by atoms with Crippen LogP contribution in [0.5, 0.6) is 0 Å². The zero-order chi connectivity index (χ0) is 26.4. The number of nitrogens with one attached hydrogen (secondary N) is 2. The number of aromatic amines is 1. The Labute approximate surface area is 213 Å². The number of rotatable bonds is 6. The van der Waals surface area contributed by atoms with Crippen LogP contribution in [0.3, 0.4) is 0 Å². The number of sulfonamides is 1. The summed E-state index contributed by atoms with van der Waals surface area (Å²) in [6.45, 7) is 6.62. The fraction of sp³-hybridized carbons (Fsp3) is 0.360. The van der Waals surface area contributed by atoms with Gasteiger partial charge in [0, 0.05) is 43.4 Å². The number of H-pyrrole nitrogens is 1. The second-order valence-electron chi connectivity index (χ2n) is 9.60. The number of halogens is 2. The molecule has 0 aliphatic carbocycles. The highest BCUT2D eigenvalue weighted by Crippen LogP contribution is 2.43. The summed E-state index contributed by atoms with van der Waals surface area (Å²) in [4.78, 5) is 15.0. The number of hydrogen-bond donors (Lipinski definition) is 2. The van der Waals surface area contributed by atoms with Crippen molar-refractivity contribution in [1.82, 2.24) is 19.4 Å². The molecular formula is C25H27F2N5O4S. The van der Waals surface area contributed by atoms with Crippen LogP contribution in [0.25, 0.3) is 0 Å². The Morgan fingerprint density at radius 1 is 1.14 bits per heavy atom. The zero-order valence-electron chi connectivity index (χ0n) is 20.4. The first-order valence-corrected chi connectivity index (χ1v) is 13.3. The van der Waals surface area contributed by atoms with Crippen LogP contribution in [0, 0.1) is 11.6 Å². The summed E-state index contributed by atoms with van der Waals surface area (Å²) in [5.74, 6) is -2.14. The highest BCUT2D eigenvalue weighted by molar-refractivity contribution is 7.89. The molecule has 196 valence electrons. The van der Waals surface area contributed by atoms with E-state index in [1.54, 1.807) is 26.0 Å². The number of nitrogens with zero attached hydrogens (tertiary/aromatic N) is 3. The van der Waals surface area contributed by atoms with E-state index in [2.05, 4.69) is 20.4 Å². The molecular weight excluding hydrogens is 504 g/mol. The third-order valence-corrected chi connectivity index (χ3v) is 8.82. The highest BCUT2D eigenvalue weighted by Gasteiger charge is 2.48. The summed E-state index contributed by atoms with van der Waals surface area (Å²) in [6.07, 6.45) is 0. The lowest BCUT2D eigenvalue weighted by atomic mass is 10.0. The summed E-state index contributed by atoms with van der Waals surface area (Å²) in [5, 5.41) is 9.90. The molecule has 2 N–H and O–H groups in total. The van der Waals surface area contributed by atoms with Crippen LogP contribution in [-0.4, -0.2) is 60.0 Å². The quantitative estimate of drug-likeness (QED) is 0.506. The first kappa shape index (κ1) is 25.5. The topological polar surface area (TPSA) is 108 Å². The molecule has 2 aliphatic heterocycles. The molecule has 12 heteroatoms. The minimum Gasteiger partial charge on any atom is -0.379 e. The van der Waals surface area contributed by atoms with Gasteiger partial charge in [0.2, 0.25) is 10.0 Å². The molecule has 3 aromatic rings. The number of benzene rings is 2. The van der Waals surface area contributed by atoms with Gasteiger partial charge in [0.1, 0.15) is 11.6 Å². The third-order valence-electron chi connectivity index (χ3n) is 6.82. The van der Waals surface area contributed by atoms with Crippen molar-refractivity contribution in [2.45, 2.75) is 37.4 Å². The number of aromatic nitrogens is 2. The minimum atomic E-state index is -4.27. The summed E-state index contributed by atoms with van der Waals surface area (Å²) < 4.78 is 60.9. The van der Waals surface area contributed by atoms with Crippen LogP contribution in [0.1, 0.15) is 41.0 Å². The molecule has 0 unspecified atom stereocenters. The van der Waals surface area contributed by atoms with Crippen molar-refractivity contribution in [2.75, 3.05) is 31.6 Å². The van der Waals surface area contributed by atoms with Crippen LogP contribution >= 0.6 is 0 Å². The molecule has 0 atom stereocenters. The molecule has 9 nitrogen and oxygen atoms in total. The third kappa shape index (κ3) is 4.77. The molecule has 0 radical (unpaired) electrons. The van der Waals surface area contributed by atoms with Crippen LogP contribution in [-0.2, 0) is 33.4 Å². The summed E-state index contributed by atoms with van der Waals surface area (Å²) in [5.41, 5.74) is 1.21. The Kier molecular flexibility index (Phi) is 6.61. The molecule has 2 aromatic carbocycles. The molecule has 37 heavy (non-hydrogen) atoms. The van der Waals surface area contributed by atoms with E-state index in [-0.39, 0.29) is 18.3 Å². The summed E-state index contributed by atoms with van der Waals surface area (Å²) in [7, 11) is -4.27. The number of carbonyl (C=O) groups excluding carboxylic acids is 1. The zero-order valence-corrected chi connectivity index (χ0v) is 21.2. The van der Waals surface area contributed by atoms with Crippen molar-refractivity contribution in [3.05, 3.63) is 76.5 Å². The first-order valence-electron chi connectivity index (χ1n) is 11.8. The van der Waals surface area contributed by atoms with E-state index in [0.29, 0.717) is 42.6 Å². The van der Waals surface area contributed by atoms with Gasteiger partial charge in [-0.2, -0.15) is 9.40 Å². The van der Waals surface area contributed by atoms with Gasteiger partial charge in [-0.1, -0.05) is 18.2 Å². The Hall–Kier alpha value is -3.19. The number of morpholine rings is 1. The lowest BCUT2D eigenvalue weighted by Crippen LogP contribution is -2.40. The molecule has 2 aliphatic rings. The van der Waals surface area contributed by atoms with E-state index in [1.807, 2.05) is 12.1 Å². The van der Waals surface area contributed by atoms with Gasteiger partial charge in [-0.05, 0) is 37.6 Å². The Balaban J connectivity index is 1.40. The Morgan fingerprint density at radius 2 is 1.81 bits per heavy atom. The van der Waals surface area contributed by atoms with Gasteiger partial charge in [0.25, 0.3) is 5.91 Å². The molecule has 5 rings (SSSR count). The molecule has 1 fully saturated rings. The Morgan fingerprint density at radius 3 is 2.51 bits per heavy atom. The van der Waals surface area contributed by atoms with Crippen LogP contribution in [0.2, 0.25) is 0 Å². The maximum Gasteiger partial charge on any atom is 0.257 e. The average molecular weight is 532 g/mol. The van der Waals surface area contributed by atoms with E-state index in [9.17, 15) is 22.0 Å². The molecule has 0 bridgehead atoms. The van der Waals surface area contributed by atoms with Crippen molar-refractivity contribution in [2.24, 2.45) is 0 Å². The molecule has 1 aromatic heterocycles. The standard InChI is InChI=1S/C25H27F2N5O4S/c1-25(2)22-21(15-32(25)37(34,35)19-12-17(26)11-18(27)13-19)23(30-29-22)28-24(33)20-6-4-3-5-16(20)14-31-7-9-36-10-8-31/h3-6,11-13H,7-10,14-15H2,1-2H3,(H2,28,29,30,33). The lowest BCUT2D eigenvalue weighted by Gasteiger charge is -2.30. The number of carbonyl (C=O) groups is 1. The van der Waals surface area contributed by atoms with Crippen LogP contribution in [0.4, 0.5) is 14.6 Å². The second-order valence-corrected chi connectivity index (χ2v) is 11.5. The molecule has 1 amide bonds. The molecule has 3 heterocycles. The number of fused-ring (bicyclic) bond motifs is 1. The number of ether oxygens (including phenoxy) is 1. The van der Waals surface area contributed by atoms with Gasteiger partial charge < -0.3 is 10.1 Å². The van der Waals surface area contributed by atoms with E-state index in [0.717, 1.165) is 35.1 Å². The largest absolute Gasteiger partial charge is 0.379 e. The predicted octanol–water partition coefficient (Wildman–Crippen LogP) is 3.21. The second kappa shape index (κ2) is 9.60. The van der Waals surface area contributed by atoms with Crippen molar-refractivity contribution in [3.8, 4) is 0 Å². The first-order chi connectivity index (χ1) is 17.6. The molecule has 0 spiro atoms. The Bertz CT molecular complexity index is 1430. The van der Waals surface area contributed by atoms with Gasteiger partial charge >= 0.3 is 0 Å². The average Bonchev–Trinajstić information content (AvgIpc) is 3.37. The van der Waals surface area contributed by atoms with Crippen molar-refractivity contribution >= 4 is 21.7 Å². The highest BCUT2D eigenvalue weighted by atomic mass is 32.2. The smallest absolute Gasteiger partial charge is 0.257 e. The predicted molar refractivity (Wildman–Crippen MR) is 131 cm³/mol. The van der Waals surface area contributed by atoms with Crippen molar-refractivity contribution < 1.29 is 26.7 Å². The van der Waals surface area contributed by atoms with Gasteiger partial charge in [-0.15, -0.1) is 0 Å². The van der Waals surface area contributed by atoms with Gasteiger partial charge in [0.15, 0.2) is 5.82 Å². The van der Waals surface area contributed by atoms with Crippen LogP contribution in [0.15, 0.2) is 47.4 Å². The number of anilines is 1. The maximum atomic E-state index is 13.8. The van der Waals surface area contributed by atoms with E-state index in [1.165, 1.54) is 0 Å². The maximum absolute atomic E-state index is 13.8. The van der Waals surface area contributed by atoms with Gasteiger partial charge in [0.05, 0.1) is 29.3 Å². The van der Waals surface area contributed by atoms with E-state index >= 15 is 0 Å². The molecule has 1 saturated heterocycles. The fourth-order valence-electron chi connectivity index (χ4n) is 4.84. The number of amides is 1. The summed E-state index contributed by atoms with van der Waals surface area (Å²) >= 11 is 0. The van der Waals surface area contributed by atoms with E-state index in [4.69, 9.17) is 4.74 Å².